The van der Waals surface area contributed by atoms with E-state index < -0.39 is 0 Å². The normalized spacial score (nSPS) is 17.0. The summed E-state index contributed by atoms with van der Waals surface area (Å²) >= 11 is 1.54. The van der Waals surface area contributed by atoms with E-state index in [9.17, 15) is 9.59 Å². The summed E-state index contributed by atoms with van der Waals surface area (Å²) in [5, 5.41) is 2.94. The number of nitrogens with one attached hydrogen (secondary N) is 1. The summed E-state index contributed by atoms with van der Waals surface area (Å²) < 4.78 is 1.04. The van der Waals surface area contributed by atoms with Gasteiger partial charge in [0.2, 0.25) is 11.8 Å². The van der Waals surface area contributed by atoms with Crippen LogP contribution in [0.3, 0.4) is 0 Å². The van der Waals surface area contributed by atoms with Crippen LogP contribution >= 0.6 is 11.3 Å². The summed E-state index contributed by atoms with van der Waals surface area (Å²) in [4.78, 5) is 30.8. The molecule has 1 fully saturated rings. The first-order valence-electron chi connectivity index (χ1n) is 8.65. The fourth-order valence-corrected chi connectivity index (χ4v) is 3.97. The molecule has 2 aromatic carbocycles. The molecule has 0 unspecified atom stereocenters. The molecule has 2 amide bonds. The van der Waals surface area contributed by atoms with Crippen molar-refractivity contribution < 1.29 is 9.59 Å². The molecule has 5 nitrogen and oxygen atoms in total. The van der Waals surface area contributed by atoms with Gasteiger partial charge in [-0.2, -0.15) is 0 Å². The lowest BCUT2D eigenvalue weighted by Gasteiger charge is -2.16. The predicted molar refractivity (Wildman–Crippen MR) is 103 cm³/mol. The fourth-order valence-electron chi connectivity index (χ4n) is 3.25. The van der Waals surface area contributed by atoms with E-state index in [2.05, 4.69) is 22.4 Å². The third kappa shape index (κ3) is 3.60. The first kappa shape index (κ1) is 16.7. The number of hydrogen-bond acceptors (Lipinski definition) is 4. The van der Waals surface area contributed by atoms with Gasteiger partial charge in [-0.05, 0) is 30.2 Å². The number of likely N-dealkylation sites (tertiary alicyclic amines) is 1. The van der Waals surface area contributed by atoms with Gasteiger partial charge in [0.05, 0.1) is 21.6 Å². The van der Waals surface area contributed by atoms with Crippen LogP contribution in [0.1, 0.15) is 12.0 Å². The third-order valence-electron chi connectivity index (χ3n) is 4.70. The lowest BCUT2D eigenvalue weighted by atomic mass is 10.1. The average molecular weight is 365 g/mol. The number of carbonyl (C=O) groups excluding carboxylic acids is 2. The molecule has 3 aromatic rings. The van der Waals surface area contributed by atoms with Crippen molar-refractivity contribution in [3.63, 3.8) is 0 Å². The van der Waals surface area contributed by atoms with Crippen LogP contribution in [0.25, 0.3) is 10.2 Å². The summed E-state index contributed by atoms with van der Waals surface area (Å²) in [6.45, 7) is 1.14. The standard InChI is InChI=1S/C20H19N3O2S/c24-19-10-15(12-23(19)9-8-14-4-2-1-3-5-14)20(25)22-16-6-7-17-18(11-16)26-13-21-17/h1-7,11,13,15H,8-10,12H2,(H,22,25)/t15-/m0/s1. The number of benzene rings is 2. The summed E-state index contributed by atoms with van der Waals surface area (Å²) in [6, 6.07) is 15.8. The Hall–Kier alpha value is -2.73. The molecule has 4 rings (SSSR count). The van der Waals surface area contributed by atoms with Gasteiger partial charge in [-0.15, -0.1) is 11.3 Å². The van der Waals surface area contributed by atoms with E-state index >= 15 is 0 Å². The number of anilines is 1. The molecule has 1 atom stereocenters. The Bertz CT molecular complexity index is 938. The molecular weight excluding hydrogens is 346 g/mol. The quantitative estimate of drug-likeness (QED) is 0.754. The number of aromatic nitrogens is 1. The van der Waals surface area contributed by atoms with Crippen LogP contribution in [0.5, 0.6) is 0 Å². The second-order valence-corrected chi connectivity index (χ2v) is 7.39. The number of hydrogen-bond donors (Lipinski definition) is 1. The van der Waals surface area contributed by atoms with Crippen molar-refractivity contribution in [2.24, 2.45) is 5.92 Å². The molecule has 0 saturated carbocycles. The highest BCUT2D eigenvalue weighted by Crippen LogP contribution is 2.24. The second kappa shape index (κ2) is 7.25. The van der Waals surface area contributed by atoms with Crippen LogP contribution in [0.4, 0.5) is 5.69 Å². The number of carbonyl (C=O) groups is 2. The number of nitrogens with zero attached hydrogens (tertiary/aromatic N) is 2. The second-order valence-electron chi connectivity index (χ2n) is 6.50. The van der Waals surface area contributed by atoms with Crippen molar-refractivity contribution in [3.8, 4) is 0 Å². The minimum absolute atomic E-state index is 0.0546. The molecule has 1 aliphatic rings. The Kier molecular flexibility index (Phi) is 4.67. The molecule has 0 aliphatic carbocycles. The van der Waals surface area contributed by atoms with Gasteiger partial charge in [0, 0.05) is 25.2 Å². The summed E-state index contributed by atoms with van der Waals surface area (Å²) in [6.07, 6.45) is 1.09. The minimum atomic E-state index is -0.296. The molecule has 132 valence electrons. The van der Waals surface area contributed by atoms with E-state index in [-0.39, 0.29) is 24.2 Å². The number of fused-ring (bicyclic) bond motifs is 1. The Morgan fingerprint density at radius 1 is 1.23 bits per heavy atom. The van der Waals surface area contributed by atoms with Crippen LogP contribution in [0, 0.1) is 5.92 Å². The molecule has 6 heteroatoms. The fraction of sp³-hybridized carbons (Fsp3) is 0.250. The van der Waals surface area contributed by atoms with Gasteiger partial charge in [0.25, 0.3) is 0 Å². The third-order valence-corrected chi connectivity index (χ3v) is 5.49. The zero-order chi connectivity index (χ0) is 17.9. The van der Waals surface area contributed by atoms with Gasteiger partial charge in [0.1, 0.15) is 0 Å². The molecule has 2 heterocycles. The molecule has 1 saturated heterocycles. The molecule has 26 heavy (non-hydrogen) atoms. The smallest absolute Gasteiger partial charge is 0.229 e. The zero-order valence-electron chi connectivity index (χ0n) is 14.2. The molecule has 0 bridgehead atoms. The van der Waals surface area contributed by atoms with Crippen molar-refractivity contribution in [1.82, 2.24) is 9.88 Å². The van der Waals surface area contributed by atoms with E-state index in [1.54, 1.807) is 21.7 Å². The van der Waals surface area contributed by atoms with Crippen molar-refractivity contribution in [1.29, 1.82) is 0 Å². The molecule has 1 aliphatic heterocycles. The lowest BCUT2D eigenvalue weighted by Crippen LogP contribution is -2.30. The summed E-state index contributed by atoms with van der Waals surface area (Å²) in [5.41, 5.74) is 4.67. The molecular formula is C20H19N3O2S. The monoisotopic (exact) mass is 365 g/mol. The average Bonchev–Trinajstić information content (AvgIpc) is 3.27. The van der Waals surface area contributed by atoms with Crippen LogP contribution in [-0.4, -0.2) is 34.8 Å². The van der Waals surface area contributed by atoms with E-state index in [4.69, 9.17) is 0 Å². The number of amides is 2. The number of rotatable bonds is 5. The van der Waals surface area contributed by atoms with Gasteiger partial charge in [-0.1, -0.05) is 30.3 Å². The lowest BCUT2D eigenvalue weighted by molar-refractivity contribution is -0.128. The van der Waals surface area contributed by atoms with Gasteiger partial charge in [0.15, 0.2) is 0 Å². The summed E-state index contributed by atoms with van der Waals surface area (Å²) in [5.74, 6) is -0.334. The van der Waals surface area contributed by atoms with Gasteiger partial charge in [-0.25, -0.2) is 4.98 Å². The van der Waals surface area contributed by atoms with Gasteiger partial charge >= 0.3 is 0 Å². The highest BCUT2D eigenvalue weighted by atomic mass is 32.1. The molecule has 1 N–H and O–H groups in total. The highest BCUT2D eigenvalue weighted by molar-refractivity contribution is 7.16. The van der Waals surface area contributed by atoms with Crippen molar-refractivity contribution in [2.75, 3.05) is 18.4 Å². The SMILES string of the molecule is O=C(Nc1ccc2ncsc2c1)[C@H]1CC(=O)N(CCc2ccccc2)C1. The van der Waals surface area contributed by atoms with E-state index in [0.717, 1.165) is 22.3 Å². The van der Waals surface area contributed by atoms with Crippen molar-refractivity contribution in [2.45, 2.75) is 12.8 Å². The first-order chi connectivity index (χ1) is 12.7. The van der Waals surface area contributed by atoms with E-state index in [1.165, 1.54) is 5.56 Å². The van der Waals surface area contributed by atoms with Crippen LogP contribution in [-0.2, 0) is 16.0 Å². The molecule has 1 aromatic heterocycles. The van der Waals surface area contributed by atoms with E-state index in [0.29, 0.717) is 13.1 Å². The predicted octanol–water partition coefficient (Wildman–Crippen LogP) is 3.33. The largest absolute Gasteiger partial charge is 0.342 e. The van der Waals surface area contributed by atoms with Crippen molar-refractivity contribution in [3.05, 3.63) is 59.6 Å². The highest BCUT2D eigenvalue weighted by Gasteiger charge is 2.34. The van der Waals surface area contributed by atoms with E-state index in [1.807, 2.05) is 36.4 Å². The first-order valence-corrected chi connectivity index (χ1v) is 9.53. The Balaban J connectivity index is 1.35. The van der Waals surface area contributed by atoms with Crippen LogP contribution in [0.15, 0.2) is 54.0 Å². The molecule has 0 spiro atoms. The maximum absolute atomic E-state index is 12.6. The Labute approximate surface area is 155 Å². The van der Waals surface area contributed by atoms with Gasteiger partial charge < -0.3 is 10.2 Å². The summed E-state index contributed by atoms with van der Waals surface area (Å²) in [7, 11) is 0. The van der Waals surface area contributed by atoms with Crippen LogP contribution in [0.2, 0.25) is 0 Å². The van der Waals surface area contributed by atoms with Crippen LogP contribution < -0.4 is 5.32 Å². The maximum Gasteiger partial charge on any atom is 0.229 e. The zero-order valence-corrected chi connectivity index (χ0v) is 15.0. The topological polar surface area (TPSA) is 62.3 Å². The Morgan fingerprint density at radius 2 is 2.08 bits per heavy atom. The molecule has 0 radical (unpaired) electrons. The Morgan fingerprint density at radius 3 is 2.92 bits per heavy atom. The maximum atomic E-state index is 12.6. The number of thiazole rings is 1. The minimum Gasteiger partial charge on any atom is -0.342 e. The van der Waals surface area contributed by atoms with Crippen molar-refractivity contribution >= 4 is 39.1 Å². The van der Waals surface area contributed by atoms with Gasteiger partial charge in [-0.3, -0.25) is 9.59 Å².